The van der Waals surface area contributed by atoms with Gasteiger partial charge in [-0.3, -0.25) is 0 Å². The average Bonchev–Trinajstić information content (AvgIpc) is 3.20. The zero-order valence-electron chi connectivity index (χ0n) is 16.9. The molecule has 0 aliphatic rings. The Hall–Kier alpha value is -2.28. The van der Waals surface area contributed by atoms with Gasteiger partial charge in [0, 0.05) is 11.9 Å². The summed E-state index contributed by atoms with van der Waals surface area (Å²) in [7, 11) is 0. The van der Waals surface area contributed by atoms with Gasteiger partial charge in [-0.1, -0.05) is 88.1 Å². The molecule has 3 rings (SSSR count). The number of aromatic nitrogens is 1. The van der Waals surface area contributed by atoms with E-state index in [9.17, 15) is 0 Å². The van der Waals surface area contributed by atoms with Gasteiger partial charge in [0.1, 0.15) is 0 Å². The van der Waals surface area contributed by atoms with Crippen LogP contribution in [0.5, 0.6) is 0 Å². The maximum absolute atomic E-state index is 3.45. The van der Waals surface area contributed by atoms with E-state index < -0.39 is 0 Å². The largest absolute Gasteiger partial charge is 0.361 e. The van der Waals surface area contributed by atoms with E-state index in [4.69, 9.17) is 0 Å². The molecule has 0 aliphatic carbocycles. The second-order valence-electron chi connectivity index (χ2n) is 7.61. The van der Waals surface area contributed by atoms with Crippen molar-refractivity contribution in [1.29, 1.82) is 0 Å². The predicted molar refractivity (Wildman–Crippen MR) is 118 cm³/mol. The number of benzene rings is 2. The lowest BCUT2D eigenvalue weighted by Crippen LogP contribution is -1.86. The molecule has 2 aromatic carbocycles. The lowest BCUT2D eigenvalue weighted by Gasteiger charge is -2.03. The summed E-state index contributed by atoms with van der Waals surface area (Å²) in [6, 6.07) is 20.4. The van der Waals surface area contributed by atoms with Crippen LogP contribution in [0.15, 0.2) is 60.8 Å². The monoisotopic (exact) mass is 359 g/mol. The Kier molecular flexibility index (Phi) is 7.33. The van der Waals surface area contributed by atoms with E-state index in [0.29, 0.717) is 0 Å². The summed E-state index contributed by atoms with van der Waals surface area (Å²) in [5.74, 6) is 0. The van der Waals surface area contributed by atoms with Crippen LogP contribution >= 0.6 is 0 Å². The van der Waals surface area contributed by atoms with Crippen molar-refractivity contribution in [3.05, 3.63) is 71.9 Å². The number of aryl methyl sites for hydroxylation is 2. The van der Waals surface area contributed by atoms with Crippen LogP contribution < -0.4 is 0 Å². The highest BCUT2D eigenvalue weighted by atomic mass is 14.7. The molecule has 0 bridgehead atoms. The highest BCUT2D eigenvalue weighted by Crippen LogP contribution is 2.27. The molecule has 0 atom stereocenters. The van der Waals surface area contributed by atoms with Crippen molar-refractivity contribution in [2.24, 2.45) is 0 Å². The van der Waals surface area contributed by atoms with Crippen molar-refractivity contribution < 1.29 is 0 Å². The van der Waals surface area contributed by atoms with E-state index >= 15 is 0 Å². The van der Waals surface area contributed by atoms with Gasteiger partial charge in [0.25, 0.3) is 0 Å². The number of unbranched alkanes of at least 4 members (excludes halogenated alkanes) is 4. The Bertz CT molecular complexity index is 725. The summed E-state index contributed by atoms with van der Waals surface area (Å²) in [6.07, 6.45) is 12.3. The smallest absolute Gasteiger partial charge is 0.0460 e. The highest BCUT2D eigenvalue weighted by Gasteiger charge is 2.05. The predicted octanol–water partition coefficient (Wildman–Crippen LogP) is 7.81. The van der Waals surface area contributed by atoms with E-state index in [1.807, 2.05) is 0 Å². The van der Waals surface area contributed by atoms with Gasteiger partial charge in [-0.05, 0) is 59.6 Å². The Morgan fingerprint density at radius 2 is 1.11 bits per heavy atom. The maximum atomic E-state index is 3.45. The highest BCUT2D eigenvalue weighted by molar-refractivity contribution is 5.71. The van der Waals surface area contributed by atoms with Crippen molar-refractivity contribution >= 4 is 0 Å². The summed E-state index contributed by atoms with van der Waals surface area (Å²) < 4.78 is 0. The second kappa shape index (κ2) is 10.2. The van der Waals surface area contributed by atoms with E-state index in [2.05, 4.69) is 79.6 Å². The number of aromatic amines is 1. The first-order chi connectivity index (χ1) is 13.3. The number of hydrogen-bond acceptors (Lipinski definition) is 0. The van der Waals surface area contributed by atoms with Crippen LogP contribution in [0.1, 0.15) is 63.5 Å². The zero-order chi connectivity index (χ0) is 18.9. The normalized spacial score (nSPS) is 11.0. The first-order valence-corrected chi connectivity index (χ1v) is 10.7. The van der Waals surface area contributed by atoms with Gasteiger partial charge in [0.2, 0.25) is 0 Å². The first kappa shape index (κ1) is 19.5. The molecule has 0 radical (unpaired) electrons. The van der Waals surface area contributed by atoms with Crippen LogP contribution in [0.3, 0.4) is 0 Å². The van der Waals surface area contributed by atoms with Crippen LogP contribution in [0.25, 0.3) is 22.4 Å². The number of H-pyrrole nitrogens is 1. The maximum Gasteiger partial charge on any atom is 0.0460 e. The summed E-state index contributed by atoms with van der Waals surface area (Å²) in [5.41, 5.74) is 7.89. The molecule has 1 heteroatoms. The van der Waals surface area contributed by atoms with Gasteiger partial charge in [-0.2, -0.15) is 0 Å². The fourth-order valence-electron chi connectivity index (χ4n) is 3.60. The fraction of sp³-hybridized carbons (Fsp3) is 0.385. The molecule has 1 N–H and O–H groups in total. The number of rotatable bonds is 10. The van der Waals surface area contributed by atoms with E-state index in [1.165, 1.54) is 84.9 Å². The van der Waals surface area contributed by atoms with Gasteiger partial charge in [-0.25, -0.2) is 0 Å². The molecule has 0 fully saturated rings. The second-order valence-corrected chi connectivity index (χ2v) is 7.61. The quantitative estimate of drug-likeness (QED) is 0.355. The van der Waals surface area contributed by atoms with Crippen LogP contribution in [-0.2, 0) is 12.8 Å². The summed E-state index contributed by atoms with van der Waals surface area (Å²) in [5, 5.41) is 0. The molecule has 1 heterocycles. The van der Waals surface area contributed by atoms with Crippen LogP contribution in [0, 0.1) is 0 Å². The molecule has 0 spiro atoms. The molecule has 1 nitrogen and oxygen atoms in total. The van der Waals surface area contributed by atoms with E-state index in [0.717, 1.165) is 0 Å². The minimum absolute atomic E-state index is 1.19. The van der Waals surface area contributed by atoms with E-state index in [1.54, 1.807) is 0 Å². The van der Waals surface area contributed by atoms with Crippen molar-refractivity contribution in [2.45, 2.75) is 65.2 Å². The molecule has 142 valence electrons. The Labute approximate surface area is 164 Å². The van der Waals surface area contributed by atoms with Gasteiger partial charge >= 0.3 is 0 Å². The lowest BCUT2D eigenvalue weighted by molar-refractivity contribution is 0.717. The molecule has 0 saturated carbocycles. The Morgan fingerprint density at radius 3 is 1.63 bits per heavy atom. The van der Waals surface area contributed by atoms with Crippen molar-refractivity contribution in [3.8, 4) is 22.4 Å². The number of hydrogen-bond donors (Lipinski definition) is 1. The molecule has 3 aromatic rings. The summed E-state index contributed by atoms with van der Waals surface area (Å²) in [6.45, 7) is 4.51. The van der Waals surface area contributed by atoms with Crippen molar-refractivity contribution in [1.82, 2.24) is 4.98 Å². The van der Waals surface area contributed by atoms with Crippen LogP contribution in [-0.4, -0.2) is 4.98 Å². The van der Waals surface area contributed by atoms with Crippen molar-refractivity contribution in [2.75, 3.05) is 0 Å². The molecule has 0 saturated heterocycles. The van der Waals surface area contributed by atoms with Gasteiger partial charge in [0.15, 0.2) is 0 Å². The molecular weight excluding hydrogens is 326 g/mol. The molecule has 0 amide bonds. The van der Waals surface area contributed by atoms with Crippen LogP contribution in [0.2, 0.25) is 0 Å². The van der Waals surface area contributed by atoms with Crippen molar-refractivity contribution in [3.63, 3.8) is 0 Å². The third-order valence-electron chi connectivity index (χ3n) is 5.37. The summed E-state index contributed by atoms with van der Waals surface area (Å²) >= 11 is 0. The molecular formula is C26H33N. The Balaban J connectivity index is 1.64. The molecule has 0 aliphatic heterocycles. The minimum atomic E-state index is 1.19. The SMILES string of the molecule is CCCCCc1ccc(-c2c[nH]c(-c3ccc(CCCCC)cc3)c2)cc1. The average molecular weight is 360 g/mol. The third kappa shape index (κ3) is 5.60. The molecule has 27 heavy (non-hydrogen) atoms. The molecule has 1 aromatic heterocycles. The van der Waals surface area contributed by atoms with Gasteiger partial charge < -0.3 is 4.98 Å². The number of nitrogens with one attached hydrogen (secondary N) is 1. The minimum Gasteiger partial charge on any atom is -0.361 e. The van der Waals surface area contributed by atoms with E-state index in [-0.39, 0.29) is 0 Å². The lowest BCUT2D eigenvalue weighted by atomic mass is 10.0. The summed E-state index contributed by atoms with van der Waals surface area (Å²) in [4.78, 5) is 3.45. The third-order valence-corrected chi connectivity index (χ3v) is 5.37. The Morgan fingerprint density at radius 1 is 0.593 bits per heavy atom. The zero-order valence-corrected chi connectivity index (χ0v) is 16.9. The van der Waals surface area contributed by atoms with Gasteiger partial charge in [0.05, 0.1) is 0 Å². The first-order valence-electron chi connectivity index (χ1n) is 10.7. The molecule has 0 unspecified atom stereocenters. The standard InChI is InChI=1S/C26H33N/c1-3-5-7-9-21-11-15-23(16-12-21)25-19-26(27-20-25)24-17-13-22(14-18-24)10-8-6-4-2/h11-20,27H,3-10H2,1-2H3. The van der Waals surface area contributed by atoms with Gasteiger partial charge in [-0.15, -0.1) is 0 Å². The fourth-order valence-corrected chi connectivity index (χ4v) is 3.60. The van der Waals surface area contributed by atoms with Crippen LogP contribution in [0.4, 0.5) is 0 Å². The topological polar surface area (TPSA) is 15.8 Å².